The first-order chi connectivity index (χ1) is 31.2. The van der Waals surface area contributed by atoms with Crippen LogP contribution in [0.2, 0.25) is 5.02 Å². The number of carbonyl (C=O) groups excluding carboxylic acids is 1. The maximum atomic E-state index is 15.9. The largest absolute Gasteiger partial charge is 0.435 e. The predicted molar refractivity (Wildman–Crippen MR) is 224 cm³/mol. The van der Waals surface area contributed by atoms with Crippen molar-refractivity contribution in [2.75, 3.05) is 17.2 Å². The molecule has 2 aromatic carbocycles. The number of hydrogen-bond donors (Lipinski definition) is 2. The molecule has 12 nitrogen and oxygen atoms in total. The zero-order chi connectivity index (χ0) is 50.0. The van der Waals surface area contributed by atoms with Crippen molar-refractivity contribution in [2.45, 2.75) is 93.8 Å². The normalized spacial score (nSPS) is 19.3. The van der Waals surface area contributed by atoms with Crippen LogP contribution in [0.1, 0.15) is 77.3 Å². The van der Waals surface area contributed by atoms with Gasteiger partial charge in [0.05, 0.1) is 33.9 Å². The summed E-state index contributed by atoms with van der Waals surface area (Å²) in [5.74, 6) is -5.62. The van der Waals surface area contributed by atoms with Crippen molar-refractivity contribution >= 4 is 54.1 Å². The van der Waals surface area contributed by atoms with Gasteiger partial charge in [-0.25, -0.2) is 35.0 Å². The summed E-state index contributed by atoms with van der Waals surface area (Å²) in [6, 6.07) is 2.57. The van der Waals surface area contributed by atoms with E-state index in [2.05, 4.69) is 32.3 Å². The van der Waals surface area contributed by atoms with Gasteiger partial charge in [-0.3, -0.25) is 18.9 Å². The number of fused-ring (bicyclic) bond motifs is 5. The minimum atomic E-state index is -5.22. The molecule has 3 heterocycles. The number of alkyl halides is 9. The number of benzene rings is 2. The molecule has 1 saturated carbocycles. The van der Waals surface area contributed by atoms with Gasteiger partial charge in [0.2, 0.25) is 15.9 Å². The maximum absolute atomic E-state index is 15.9. The smallest absolute Gasteiger partial charge is 0.346 e. The molecule has 3 aliphatic rings. The number of nitrogens with zero attached hydrogens (tertiary/aromatic N) is 5. The maximum Gasteiger partial charge on any atom is 0.435 e. The van der Waals surface area contributed by atoms with E-state index in [4.69, 9.17) is 11.6 Å². The van der Waals surface area contributed by atoms with Crippen LogP contribution in [0.25, 0.3) is 22.0 Å². The van der Waals surface area contributed by atoms with Crippen LogP contribution in [0, 0.1) is 29.4 Å². The first kappa shape index (κ1) is 49.0. The molecule has 0 bridgehead atoms. The van der Waals surface area contributed by atoms with Gasteiger partial charge < -0.3 is 5.32 Å². The minimum absolute atomic E-state index is 0.00183. The second-order valence-electron chi connectivity index (χ2n) is 17.5. The van der Waals surface area contributed by atoms with Crippen LogP contribution >= 0.6 is 11.6 Å². The number of sulfone groups is 1. The molecule has 0 radical (unpaired) electrons. The number of nitrogens with one attached hydrogen (secondary N) is 2. The van der Waals surface area contributed by atoms with Crippen LogP contribution in [0.4, 0.5) is 54.1 Å². The quantitative estimate of drug-likeness (QED) is 0.0993. The Labute approximate surface area is 384 Å². The number of hydrogen-bond acceptors (Lipinski definition) is 8. The molecule has 1 unspecified atom stereocenters. The van der Waals surface area contributed by atoms with E-state index >= 15 is 13.2 Å². The molecule has 0 saturated heterocycles. The molecular formula is C42H35ClF11N7O5S2. The topological polar surface area (TPSA) is 158 Å². The molecule has 5 aromatic rings. The molecule has 364 valence electrons. The third-order valence-electron chi connectivity index (χ3n) is 11.9. The summed E-state index contributed by atoms with van der Waals surface area (Å²) in [7, 11) is -8.22. The third kappa shape index (κ3) is 9.22. The lowest BCUT2D eigenvalue weighted by atomic mass is 9.88. The number of rotatable bonds is 11. The molecule has 1 fully saturated rings. The SMILES string of the molecule is CC(C)(C#Cc1nc([C@H](Cc2cc(F)cc(F)c2)NC(=O)Cn2nc(C(F)(F)F)c3c2C(F)(F)C2C[C@H]32)c(-c2ccc(Cl)c3c(NS(C)(=O)=O)nn(CC(F)(F)F)c23)c2c1C[C@@H](F)C2)S(C)(=O)=O. The summed E-state index contributed by atoms with van der Waals surface area (Å²) in [5.41, 5.74) is -5.76. The van der Waals surface area contributed by atoms with Crippen molar-refractivity contribution in [1.29, 1.82) is 0 Å². The number of carbonyl (C=O) groups is 1. The van der Waals surface area contributed by atoms with Crippen LogP contribution in [0.5, 0.6) is 0 Å². The second kappa shape index (κ2) is 16.3. The van der Waals surface area contributed by atoms with Crippen LogP contribution in [-0.4, -0.2) is 76.9 Å². The van der Waals surface area contributed by atoms with Gasteiger partial charge in [0.25, 0.3) is 5.92 Å². The van der Waals surface area contributed by atoms with E-state index in [0.29, 0.717) is 17.0 Å². The minimum Gasteiger partial charge on any atom is -0.346 e. The highest BCUT2D eigenvalue weighted by Crippen LogP contribution is 2.68. The van der Waals surface area contributed by atoms with Gasteiger partial charge in [0, 0.05) is 47.8 Å². The van der Waals surface area contributed by atoms with E-state index in [1.807, 2.05) is 4.72 Å². The fourth-order valence-corrected chi connectivity index (χ4v) is 9.75. The Morgan fingerprint density at radius 3 is 2.22 bits per heavy atom. The van der Waals surface area contributed by atoms with Crippen molar-refractivity contribution in [2.24, 2.45) is 5.92 Å². The summed E-state index contributed by atoms with van der Waals surface area (Å²) in [4.78, 5) is 18.9. The fourth-order valence-electron chi connectivity index (χ4n) is 8.77. The highest BCUT2D eigenvalue weighted by atomic mass is 35.5. The Morgan fingerprint density at radius 1 is 0.971 bits per heavy atom. The van der Waals surface area contributed by atoms with Crippen LogP contribution in [-0.2, 0) is 69.1 Å². The van der Waals surface area contributed by atoms with Gasteiger partial charge in [-0.15, -0.1) is 0 Å². The van der Waals surface area contributed by atoms with Gasteiger partial charge in [0.1, 0.15) is 47.0 Å². The zero-order valence-corrected chi connectivity index (χ0v) is 38.0. The van der Waals surface area contributed by atoms with E-state index in [-0.39, 0.29) is 49.6 Å². The van der Waals surface area contributed by atoms with Crippen LogP contribution in [0.15, 0.2) is 30.3 Å². The second-order valence-corrected chi connectivity index (χ2v) is 22.2. The summed E-state index contributed by atoms with van der Waals surface area (Å²) in [5, 5.41) is 8.96. The Kier molecular flexibility index (Phi) is 11.7. The standard InChI is InChI=1S/C42H35ClF11N7O5S2/c1-39(2,67(3,63)64)8-7-28-23-13-21(46)14-24(23)31(22-5-6-27(43)33-35(22)61(17-40(47,48)49)58-38(33)59-68(4,65)66)34(56-28)29(11-18-9-19(44)12-20(45)10-18)55-30(62)16-60-37-32(36(57-60)42(52,53)54)25-15-26(25)41(37,50)51/h5-6,9-10,12,21,25-26,29H,11,13-17H2,1-4H3,(H,55,62)(H,58,59)/t21-,25+,26?,29+/m1/s1. The fraction of sp³-hybridized carbons (Fsp3) is 0.429. The first-order valence-electron chi connectivity index (χ1n) is 20.2. The predicted octanol–water partition coefficient (Wildman–Crippen LogP) is 8.10. The molecule has 1 amide bonds. The van der Waals surface area contributed by atoms with Gasteiger partial charge >= 0.3 is 12.4 Å². The number of halogens is 12. The third-order valence-corrected chi connectivity index (χ3v) is 14.8. The summed E-state index contributed by atoms with van der Waals surface area (Å²) >= 11 is 6.54. The van der Waals surface area contributed by atoms with E-state index in [9.17, 15) is 56.8 Å². The number of amides is 1. The lowest BCUT2D eigenvalue weighted by Gasteiger charge is -2.25. The molecule has 4 atom stereocenters. The Morgan fingerprint density at radius 2 is 1.62 bits per heavy atom. The molecule has 68 heavy (non-hydrogen) atoms. The summed E-state index contributed by atoms with van der Waals surface area (Å²) in [6.45, 7) is -0.719. The highest BCUT2D eigenvalue weighted by molar-refractivity contribution is 7.92. The van der Waals surface area contributed by atoms with E-state index in [1.54, 1.807) is 0 Å². The van der Waals surface area contributed by atoms with Crippen molar-refractivity contribution in [3.05, 3.63) is 92.0 Å². The van der Waals surface area contributed by atoms with Gasteiger partial charge in [-0.2, -0.15) is 45.3 Å². The lowest BCUT2D eigenvalue weighted by Crippen LogP contribution is -2.35. The number of pyridine rings is 1. The average Bonchev–Trinajstić information content (AvgIpc) is 3.43. The molecular weight excluding hydrogens is 991 g/mol. The number of sulfonamides is 1. The summed E-state index contributed by atoms with van der Waals surface area (Å²) < 4.78 is 213. The van der Waals surface area contributed by atoms with E-state index < -0.39 is 156 Å². The number of anilines is 1. The van der Waals surface area contributed by atoms with Crippen molar-refractivity contribution in [1.82, 2.24) is 29.9 Å². The first-order valence-corrected chi connectivity index (χ1v) is 24.4. The molecule has 8 rings (SSSR count). The van der Waals surface area contributed by atoms with Gasteiger partial charge in [-0.1, -0.05) is 23.6 Å². The lowest BCUT2D eigenvalue weighted by molar-refractivity contribution is -0.142. The molecule has 2 N–H and O–H groups in total. The molecule has 3 aliphatic carbocycles. The molecule has 0 spiro atoms. The molecule has 3 aromatic heterocycles. The van der Waals surface area contributed by atoms with Crippen LogP contribution < -0.4 is 10.0 Å². The van der Waals surface area contributed by atoms with E-state index in [0.717, 1.165) is 30.5 Å². The highest BCUT2D eigenvalue weighted by Gasteiger charge is 2.68. The molecule has 0 aliphatic heterocycles. The van der Waals surface area contributed by atoms with Crippen molar-refractivity contribution in [3.63, 3.8) is 0 Å². The number of aromatic nitrogens is 5. The summed E-state index contributed by atoms with van der Waals surface area (Å²) in [6.07, 6.45) is -12.5. The zero-order valence-electron chi connectivity index (χ0n) is 35.6. The van der Waals surface area contributed by atoms with Crippen molar-refractivity contribution in [3.8, 4) is 23.0 Å². The molecule has 26 heteroatoms. The Bertz CT molecular complexity index is 3230. The van der Waals surface area contributed by atoms with Crippen molar-refractivity contribution < 1.29 is 69.9 Å². The van der Waals surface area contributed by atoms with E-state index in [1.165, 1.54) is 13.8 Å². The Balaban J connectivity index is 1.41. The monoisotopic (exact) mass is 1030 g/mol. The van der Waals surface area contributed by atoms with Gasteiger partial charge in [0.15, 0.2) is 21.3 Å². The van der Waals surface area contributed by atoms with Gasteiger partial charge in [-0.05, 0) is 73.4 Å². The average molecular weight is 1030 g/mol. The van der Waals surface area contributed by atoms with Crippen LogP contribution in [0.3, 0.4) is 0 Å². The Hall–Kier alpha value is -5.48.